The van der Waals surface area contributed by atoms with Crippen molar-refractivity contribution in [2.24, 2.45) is 0 Å². The van der Waals surface area contributed by atoms with Gasteiger partial charge < -0.3 is 14.6 Å². The maximum absolute atomic E-state index is 13.2. The molecule has 2 aromatic heterocycles. The van der Waals surface area contributed by atoms with Crippen LogP contribution < -0.4 is 5.32 Å². The molecule has 3 rings (SSSR count). The molecule has 0 saturated heterocycles. The number of amides is 2. The second kappa shape index (κ2) is 7.48. The minimum absolute atomic E-state index is 0.0372. The lowest BCUT2D eigenvalue weighted by Crippen LogP contribution is -2.60. The first-order valence-electron chi connectivity index (χ1n) is 9.56. The molecule has 1 fully saturated rings. The van der Waals surface area contributed by atoms with E-state index in [1.165, 1.54) is 0 Å². The van der Waals surface area contributed by atoms with Gasteiger partial charge in [-0.3, -0.25) is 9.59 Å². The first kappa shape index (κ1) is 18.4. The molecule has 1 N–H and O–H groups in total. The molecule has 0 aliphatic heterocycles. The van der Waals surface area contributed by atoms with Gasteiger partial charge in [0.05, 0.1) is 0 Å². The standard InChI is InChI=1S/C20H28N4O2/c1-4-23(5-2)19(26)20(10-7-6-8-11-20)22-18(25)16-14-24-12-9-15(3)13-17(24)21-16/h9,12-14H,4-8,10-11H2,1-3H3,(H,22,25). The van der Waals surface area contributed by atoms with Gasteiger partial charge in [0.1, 0.15) is 16.9 Å². The van der Waals surface area contributed by atoms with Gasteiger partial charge in [-0.2, -0.15) is 0 Å². The Labute approximate surface area is 154 Å². The van der Waals surface area contributed by atoms with Crippen LogP contribution in [0.2, 0.25) is 0 Å². The average Bonchev–Trinajstić information content (AvgIpc) is 3.06. The molecule has 6 heteroatoms. The fraction of sp³-hybridized carbons (Fsp3) is 0.550. The van der Waals surface area contributed by atoms with E-state index in [1.807, 2.05) is 48.4 Å². The highest BCUT2D eigenvalue weighted by Crippen LogP contribution is 2.30. The van der Waals surface area contributed by atoms with Gasteiger partial charge >= 0.3 is 0 Å². The first-order valence-corrected chi connectivity index (χ1v) is 9.56. The number of pyridine rings is 1. The predicted molar refractivity (Wildman–Crippen MR) is 101 cm³/mol. The highest BCUT2D eigenvalue weighted by Gasteiger charge is 2.43. The van der Waals surface area contributed by atoms with Crippen molar-refractivity contribution < 1.29 is 9.59 Å². The van der Waals surface area contributed by atoms with Gasteiger partial charge in [0, 0.05) is 25.5 Å². The van der Waals surface area contributed by atoms with E-state index in [1.54, 1.807) is 6.20 Å². The number of carbonyl (C=O) groups is 2. The molecule has 2 heterocycles. The number of carbonyl (C=O) groups excluding carboxylic acids is 2. The van der Waals surface area contributed by atoms with Crippen LogP contribution in [0.3, 0.4) is 0 Å². The largest absolute Gasteiger partial charge is 0.341 e. The second-order valence-electron chi connectivity index (χ2n) is 7.17. The summed E-state index contributed by atoms with van der Waals surface area (Å²) < 4.78 is 1.83. The minimum Gasteiger partial charge on any atom is -0.341 e. The summed E-state index contributed by atoms with van der Waals surface area (Å²) in [4.78, 5) is 32.3. The van der Waals surface area contributed by atoms with Crippen LogP contribution >= 0.6 is 0 Å². The Morgan fingerprint density at radius 1 is 1.23 bits per heavy atom. The molecule has 1 aliphatic carbocycles. The molecule has 2 amide bonds. The van der Waals surface area contributed by atoms with Crippen molar-refractivity contribution in [3.8, 4) is 0 Å². The number of aryl methyl sites for hydroxylation is 1. The van der Waals surface area contributed by atoms with Gasteiger partial charge in [-0.05, 0) is 51.3 Å². The number of aromatic nitrogens is 2. The summed E-state index contributed by atoms with van der Waals surface area (Å²) in [6.45, 7) is 7.25. The van der Waals surface area contributed by atoms with Gasteiger partial charge in [-0.25, -0.2) is 4.98 Å². The van der Waals surface area contributed by atoms with Gasteiger partial charge in [-0.15, -0.1) is 0 Å². The number of imidazole rings is 1. The third-order valence-electron chi connectivity index (χ3n) is 5.37. The molecule has 2 aromatic rings. The monoisotopic (exact) mass is 356 g/mol. The Bertz CT molecular complexity index is 801. The Balaban J connectivity index is 1.87. The summed E-state index contributed by atoms with van der Waals surface area (Å²) in [7, 11) is 0. The number of likely N-dealkylation sites (N-methyl/N-ethyl adjacent to an activating group) is 1. The molecule has 6 nitrogen and oxygen atoms in total. The van der Waals surface area contributed by atoms with Crippen LogP contribution in [0.25, 0.3) is 5.65 Å². The van der Waals surface area contributed by atoms with Crippen molar-refractivity contribution >= 4 is 17.5 Å². The molecule has 1 aliphatic rings. The van der Waals surface area contributed by atoms with Crippen molar-refractivity contribution in [2.45, 2.75) is 58.4 Å². The summed E-state index contributed by atoms with van der Waals surface area (Å²) in [5.41, 5.74) is 1.39. The van der Waals surface area contributed by atoms with Gasteiger partial charge in [-0.1, -0.05) is 19.3 Å². The van der Waals surface area contributed by atoms with Crippen LogP contribution in [0.15, 0.2) is 24.5 Å². The number of nitrogens with zero attached hydrogens (tertiary/aromatic N) is 3. The third kappa shape index (κ3) is 3.45. The van der Waals surface area contributed by atoms with E-state index >= 15 is 0 Å². The molecule has 0 spiro atoms. The first-order chi connectivity index (χ1) is 12.5. The van der Waals surface area contributed by atoms with Crippen molar-refractivity contribution in [3.63, 3.8) is 0 Å². The molecule has 0 unspecified atom stereocenters. The fourth-order valence-corrected chi connectivity index (χ4v) is 3.84. The number of rotatable bonds is 5. The lowest BCUT2D eigenvalue weighted by atomic mass is 9.80. The number of nitrogens with one attached hydrogen (secondary N) is 1. The maximum Gasteiger partial charge on any atom is 0.272 e. The Hall–Kier alpha value is -2.37. The molecule has 0 aromatic carbocycles. The van der Waals surface area contributed by atoms with Crippen LogP contribution in [-0.4, -0.2) is 44.7 Å². The van der Waals surface area contributed by atoms with E-state index in [4.69, 9.17) is 0 Å². The van der Waals surface area contributed by atoms with Crippen molar-refractivity contribution in [2.75, 3.05) is 13.1 Å². The Morgan fingerprint density at radius 3 is 2.58 bits per heavy atom. The molecule has 0 bridgehead atoms. The van der Waals surface area contributed by atoms with E-state index < -0.39 is 5.54 Å². The van der Waals surface area contributed by atoms with Crippen LogP contribution in [0, 0.1) is 6.92 Å². The minimum atomic E-state index is -0.799. The van der Waals surface area contributed by atoms with E-state index in [9.17, 15) is 9.59 Å². The zero-order chi connectivity index (χ0) is 18.7. The van der Waals surface area contributed by atoms with Crippen LogP contribution in [-0.2, 0) is 4.79 Å². The highest BCUT2D eigenvalue weighted by molar-refractivity contribution is 5.98. The van der Waals surface area contributed by atoms with Crippen molar-refractivity contribution in [3.05, 3.63) is 35.8 Å². The van der Waals surface area contributed by atoms with Crippen LogP contribution in [0.1, 0.15) is 62.0 Å². The third-order valence-corrected chi connectivity index (χ3v) is 5.37. The molecular weight excluding hydrogens is 328 g/mol. The van der Waals surface area contributed by atoms with E-state index in [0.717, 1.165) is 30.5 Å². The SMILES string of the molecule is CCN(CC)C(=O)C1(NC(=O)c2cn3ccc(C)cc3n2)CCCCC1. The average molecular weight is 356 g/mol. The Morgan fingerprint density at radius 2 is 1.92 bits per heavy atom. The van der Waals surface area contributed by atoms with Crippen molar-refractivity contribution in [1.82, 2.24) is 19.6 Å². The normalized spacial score (nSPS) is 16.4. The smallest absolute Gasteiger partial charge is 0.272 e. The zero-order valence-corrected chi connectivity index (χ0v) is 15.9. The van der Waals surface area contributed by atoms with E-state index in [0.29, 0.717) is 31.6 Å². The summed E-state index contributed by atoms with van der Waals surface area (Å²) in [6.07, 6.45) is 8.03. The molecule has 0 radical (unpaired) electrons. The van der Waals surface area contributed by atoms with Gasteiger partial charge in [0.25, 0.3) is 5.91 Å². The van der Waals surface area contributed by atoms with Gasteiger partial charge in [0.2, 0.25) is 5.91 Å². The molecular formula is C20H28N4O2. The summed E-state index contributed by atoms with van der Waals surface area (Å²) in [5, 5.41) is 3.07. The predicted octanol–water partition coefficient (Wildman–Crippen LogP) is 2.94. The lowest BCUT2D eigenvalue weighted by Gasteiger charge is -2.39. The Kier molecular flexibility index (Phi) is 5.30. The molecule has 0 atom stereocenters. The summed E-state index contributed by atoms with van der Waals surface area (Å²) in [6, 6.07) is 3.91. The number of hydrogen-bond acceptors (Lipinski definition) is 3. The molecule has 1 saturated carbocycles. The van der Waals surface area contributed by atoms with Crippen LogP contribution in [0.5, 0.6) is 0 Å². The maximum atomic E-state index is 13.2. The summed E-state index contributed by atoms with van der Waals surface area (Å²) >= 11 is 0. The highest BCUT2D eigenvalue weighted by atomic mass is 16.2. The van der Waals surface area contributed by atoms with Crippen molar-refractivity contribution in [1.29, 1.82) is 0 Å². The summed E-state index contributed by atoms with van der Waals surface area (Å²) in [5.74, 6) is -0.232. The quantitative estimate of drug-likeness (QED) is 0.896. The zero-order valence-electron chi connectivity index (χ0n) is 15.9. The fourth-order valence-electron chi connectivity index (χ4n) is 3.84. The second-order valence-corrected chi connectivity index (χ2v) is 7.17. The van der Waals surface area contributed by atoms with Crippen LogP contribution in [0.4, 0.5) is 0 Å². The molecule has 140 valence electrons. The number of fused-ring (bicyclic) bond motifs is 1. The van der Waals surface area contributed by atoms with Gasteiger partial charge in [0.15, 0.2) is 0 Å². The van der Waals surface area contributed by atoms with E-state index in [-0.39, 0.29) is 11.8 Å². The topological polar surface area (TPSA) is 66.7 Å². The lowest BCUT2D eigenvalue weighted by molar-refractivity contribution is -0.139. The molecule has 26 heavy (non-hydrogen) atoms. The van der Waals surface area contributed by atoms with E-state index in [2.05, 4.69) is 10.3 Å². The number of hydrogen-bond donors (Lipinski definition) is 1.